The van der Waals surface area contributed by atoms with E-state index in [-0.39, 0.29) is 16.8 Å². The molecule has 1 atom stereocenters. The molecule has 25 heavy (non-hydrogen) atoms. The number of piperidine rings is 1. The molecule has 1 amide bonds. The topological polar surface area (TPSA) is 66.5 Å². The summed E-state index contributed by atoms with van der Waals surface area (Å²) in [6.45, 7) is 3.23. The third kappa shape index (κ3) is 4.63. The van der Waals surface area contributed by atoms with Gasteiger partial charge in [-0.05, 0) is 37.7 Å². The molecule has 2 aliphatic rings. The number of amides is 1. The first kappa shape index (κ1) is 18.9. The smallest absolute Gasteiger partial charge is 0.261 e. The summed E-state index contributed by atoms with van der Waals surface area (Å²) < 4.78 is 27.2. The van der Waals surface area contributed by atoms with Gasteiger partial charge in [-0.3, -0.25) is 4.79 Å². The van der Waals surface area contributed by atoms with Crippen molar-refractivity contribution < 1.29 is 13.2 Å². The Balaban J connectivity index is 1.67. The minimum absolute atomic E-state index is 0.134. The summed E-state index contributed by atoms with van der Waals surface area (Å²) in [7, 11) is -3.48. The Morgan fingerprint density at radius 1 is 1.16 bits per heavy atom. The predicted molar refractivity (Wildman–Crippen MR) is 100 cm³/mol. The van der Waals surface area contributed by atoms with Crippen LogP contribution in [-0.2, 0) is 10.0 Å². The van der Waals surface area contributed by atoms with Crippen LogP contribution in [-0.4, -0.2) is 37.8 Å². The first-order valence-corrected chi connectivity index (χ1v) is 11.7. The molecule has 1 saturated heterocycles. The molecule has 7 heteroatoms. The first-order valence-electron chi connectivity index (χ1n) is 9.36. The van der Waals surface area contributed by atoms with E-state index in [4.69, 9.17) is 0 Å². The van der Waals surface area contributed by atoms with Crippen molar-refractivity contribution >= 4 is 27.3 Å². The Labute approximate surface area is 154 Å². The molecule has 1 aliphatic heterocycles. The van der Waals surface area contributed by atoms with Crippen LogP contribution < -0.4 is 5.32 Å². The normalized spacial score (nSPS) is 24.0. The quantitative estimate of drug-likeness (QED) is 0.806. The van der Waals surface area contributed by atoms with Crippen LogP contribution in [0.2, 0.25) is 0 Å². The van der Waals surface area contributed by atoms with Crippen LogP contribution in [0.1, 0.15) is 68.0 Å². The average molecular weight is 385 g/mol. The molecule has 1 aliphatic carbocycles. The molecule has 2 heterocycles. The lowest BCUT2D eigenvalue weighted by Gasteiger charge is -2.29. The largest absolute Gasteiger partial charge is 0.349 e. The fraction of sp³-hybridized carbons (Fsp3) is 0.722. The molecular weight excluding hydrogens is 356 g/mol. The minimum Gasteiger partial charge on any atom is -0.349 e. The number of hydrogen-bond donors (Lipinski definition) is 1. The van der Waals surface area contributed by atoms with E-state index in [2.05, 4.69) is 12.2 Å². The van der Waals surface area contributed by atoms with Crippen LogP contribution >= 0.6 is 11.3 Å². The van der Waals surface area contributed by atoms with Gasteiger partial charge in [0.2, 0.25) is 10.0 Å². The second kappa shape index (κ2) is 8.18. The summed E-state index contributed by atoms with van der Waals surface area (Å²) in [5.74, 6) is 0.255. The molecule has 1 saturated carbocycles. The summed E-state index contributed by atoms with van der Waals surface area (Å²) in [5.41, 5.74) is 0. The molecule has 140 valence electrons. The Bertz CT molecular complexity index is 691. The molecule has 1 unspecified atom stereocenters. The van der Waals surface area contributed by atoms with Crippen molar-refractivity contribution in [3.63, 3.8) is 0 Å². The highest BCUT2D eigenvalue weighted by molar-refractivity contribution is 7.89. The zero-order valence-corrected chi connectivity index (χ0v) is 16.5. The van der Waals surface area contributed by atoms with E-state index in [0.29, 0.717) is 23.9 Å². The molecule has 0 bridgehead atoms. The van der Waals surface area contributed by atoms with E-state index in [1.807, 2.05) is 0 Å². The molecule has 1 aromatic rings. The van der Waals surface area contributed by atoms with E-state index in [1.54, 1.807) is 15.8 Å². The summed E-state index contributed by atoms with van der Waals surface area (Å²) >= 11 is 1.23. The molecule has 5 nitrogen and oxygen atoms in total. The van der Waals surface area contributed by atoms with Gasteiger partial charge in [0.05, 0.1) is 9.77 Å². The summed E-state index contributed by atoms with van der Waals surface area (Å²) in [6, 6.07) is 1.77. The zero-order valence-electron chi connectivity index (χ0n) is 14.9. The number of carbonyl (C=O) groups excluding carboxylic acids is 1. The van der Waals surface area contributed by atoms with Crippen LogP contribution in [0.3, 0.4) is 0 Å². The number of nitrogens with zero attached hydrogens (tertiary/aromatic N) is 1. The number of rotatable bonds is 4. The highest BCUT2D eigenvalue weighted by atomic mass is 32.2. The van der Waals surface area contributed by atoms with Crippen molar-refractivity contribution in [1.82, 2.24) is 9.62 Å². The number of nitrogens with one attached hydrogen (secondary N) is 1. The van der Waals surface area contributed by atoms with Crippen molar-refractivity contribution in [2.75, 3.05) is 13.1 Å². The Hall–Kier alpha value is -0.920. The van der Waals surface area contributed by atoms with Crippen molar-refractivity contribution in [2.24, 2.45) is 5.92 Å². The van der Waals surface area contributed by atoms with E-state index < -0.39 is 10.0 Å². The van der Waals surface area contributed by atoms with Crippen LogP contribution in [0.5, 0.6) is 0 Å². The summed E-state index contributed by atoms with van der Waals surface area (Å²) in [6.07, 6.45) is 8.81. The van der Waals surface area contributed by atoms with Crippen molar-refractivity contribution in [1.29, 1.82) is 0 Å². The molecule has 3 rings (SSSR count). The second-order valence-corrected chi connectivity index (χ2v) is 10.3. The number of sulfonamides is 1. The van der Waals surface area contributed by atoms with Gasteiger partial charge in [-0.2, -0.15) is 4.31 Å². The van der Waals surface area contributed by atoms with E-state index in [9.17, 15) is 13.2 Å². The Morgan fingerprint density at radius 3 is 2.56 bits per heavy atom. The van der Waals surface area contributed by atoms with Gasteiger partial charge in [0.15, 0.2) is 0 Å². The van der Waals surface area contributed by atoms with Gasteiger partial charge in [-0.15, -0.1) is 11.3 Å². The van der Waals surface area contributed by atoms with Crippen LogP contribution in [0.15, 0.2) is 16.3 Å². The lowest BCUT2D eigenvalue weighted by Crippen LogP contribution is -2.38. The number of hydrogen-bond acceptors (Lipinski definition) is 4. The molecule has 0 spiro atoms. The molecule has 1 N–H and O–H groups in total. The molecular formula is C18H28N2O3S2. The third-order valence-corrected chi connectivity index (χ3v) is 8.17. The van der Waals surface area contributed by atoms with E-state index >= 15 is 0 Å². The molecule has 0 radical (unpaired) electrons. The monoisotopic (exact) mass is 384 g/mol. The lowest BCUT2D eigenvalue weighted by molar-refractivity contribution is 0.0937. The standard InChI is InChI=1S/C18H28N2O3S2/c1-14-7-6-10-20(12-14)25(22,23)16-11-17(24-13-16)18(21)19-15-8-4-2-3-5-9-15/h11,13-15H,2-10,12H2,1H3,(H,19,21). The van der Waals surface area contributed by atoms with Gasteiger partial charge >= 0.3 is 0 Å². The van der Waals surface area contributed by atoms with Crippen molar-refractivity contribution in [3.05, 3.63) is 16.3 Å². The van der Waals surface area contributed by atoms with Gasteiger partial charge in [-0.25, -0.2) is 8.42 Å². The zero-order chi connectivity index (χ0) is 17.9. The summed E-state index contributed by atoms with van der Waals surface area (Å²) in [5, 5.41) is 4.70. The number of carbonyl (C=O) groups is 1. The first-order chi connectivity index (χ1) is 12.0. The minimum atomic E-state index is -3.48. The average Bonchev–Trinajstić information content (AvgIpc) is 2.96. The number of thiophene rings is 1. The van der Waals surface area contributed by atoms with Gasteiger partial charge in [0, 0.05) is 24.5 Å². The van der Waals surface area contributed by atoms with Crippen LogP contribution in [0.25, 0.3) is 0 Å². The highest BCUT2D eigenvalue weighted by Crippen LogP contribution is 2.27. The maximum absolute atomic E-state index is 12.8. The fourth-order valence-corrected chi connectivity index (χ4v) is 6.53. The predicted octanol–water partition coefficient (Wildman–Crippen LogP) is 3.62. The Kier molecular flexibility index (Phi) is 6.17. The van der Waals surface area contributed by atoms with E-state index in [0.717, 1.165) is 38.5 Å². The van der Waals surface area contributed by atoms with Crippen molar-refractivity contribution in [2.45, 2.75) is 69.2 Å². The van der Waals surface area contributed by atoms with Gasteiger partial charge < -0.3 is 5.32 Å². The SMILES string of the molecule is CC1CCCN(S(=O)(=O)c2csc(C(=O)NC3CCCCCC3)c2)C1. The van der Waals surface area contributed by atoms with Gasteiger partial charge in [-0.1, -0.05) is 32.6 Å². The van der Waals surface area contributed by atoms with Gasteiger partial charge in [0.25, 0.3) is 5.91 Å². The maximum Gasteiger partial charge on any atom is 0.261 e. The van der Waals surface area contributed by atoms with Crippen LogP contribution in [0.4, 0.5) is 0 Å². The second-order valence-electron chi connectivity index (χ2n) is 7.42. The molecule has 1 aromatic heterocycles. The lowest BCUT2D eigenvalue weighted by atomic mass is 10.0. The molecule has 2 fully saturated rings. The summed E-state index contributed by atoms with van der Waals surface area (Å²) in [4.78, 5) is 13.2. The Morgan fingerprint density at radius 2 is 1.88 bits per heavy atom. The highest BCUT2D eigenvalue weighted by Gasteiger charge is 2.30. The van der Waals surface area contributed by atoms with Gasteiger partial charge in [0.1, 0.15) is 0 Å². The van der Waals surface area contributed by atoms with E-state index in [1.165, 1.54) is 24.2 Å². The third-order valence-electron chi connectivity index (χ3n) is 5.25. The van der Waals surface area contributed by atoms with Crippen molar-refractivity contribution in [3.8, 4) is 0 Å². The molecule has 0 aromatic carbocycles. The maximum atomic E-state index is 12.8. The van der Waals surface area contributed by atoms with Crippen LogP contribution in [0, 0.1) is 5.92 Å². The fourth-order valence-electron chi connectivity index (χ4n) is 3.77.